The summed E-state index contributed by atoms with van der Waals surface area (Å²) >= 11 is 1.13. The number of furan rings is 1. The Labute approximate surface area is 185 Å². The van der Waals surface area contributed by atoms with Gasteiger partial charge in [0.25, 0.3) is 0 Å². The Kier molecular flexibility index (Phi) is 6.31. The second kappa shape index (κ2) is 9.31. The molecule has 0 fully saturated rings. The van der Waals surface area contributed by atoms with Crippen molar-refractivity contribution < 1.29 is 22.4 Å². The normalized spacial score (nSPS) is 11.5. The summed E-state index contributed by atoms with van der Waals surface area (Å²) in [6.07, 6.45) is -2.91. The number of nitrogens with zero attached hydrogens (tertiary/aromatic N) is 3. The van der Waals surface area contributed by atoms with Crippen LogP contribution in [0.25, 0.3) is 11.4 Å². The third kappa shape index (κ3) is 5.20. The Morgan fingerprint density at radius 3 is 2.56 bits per heavy atom. The lowest BCUT2D eigenvalue weighted by Gasteiger charge is -2.10. The first-order valence-corrected chi connectivity index (χ1v) is 10.5. The first-order valence-electron chi connectivity index (χ1n) is 9.51. The minimum absolute atomic E-state index is 0.0542. The van der Waals surface area contributed by atoms with Crippen molar-refractivity contribution >= 4 is 23.4 Å². The Bertz CT molecular complexity index is 1190. The number of carbonyl (C=O) groups excluding carboxylic acids is 1. The van der Waals surface area contributed by atoms with Crippen LogP contribution in [0.5, 0.6) is 0 Å². The Morgan fingerprint density at radius 1 is 1.03 bits per heavy atom. The number of carbonyl (C=O) groups is 1. The molecular weight excluding hydrogens is 441 g/mol. The number of aromatic nitrogens is 3. The van der Waals surface area contributed by atoms with Crippen molar-refractivity contribution in [3.8, 4) is 11.4 Å². The van der Waals surface area contributed by atoms with Crippen LogP contribution >= 0.6 is 11.8 Å². The van der Waals surface area contributed by atoms with E-state index in [0.717, 1.165) is 29.5 Å². The van der Waals surface area contributed by atoms with Gasteiger partial charge in [-0.2, -0.15) is 13.2 Å². The number of halogens is 3. The van der Waals surface area contributed by atoms with E-state index in [-0.39, 0.29) is 11.4 Å². The molecule has 0 unspecified atom stereocenters. The predicted octanol–water partition coefficient (Wildman–Crippen LogP) is 5.34. The number of amides is 1. The Hall–Kier alpha value is -3.53. The minimum atomic E-state index is -4.48. The van der Waals surface area contributed by atoms with E-state index < -0.39 is 17.6 Å². The van der Waals surface area contributed by atoms with Gasteiger partial charge >= 0.3 is 6.18 Å². The van der Waals surface area contributed by atoms with Crippen LogP contribution in [-0.4, -0.2) is 26.4 Å². The molecule has 1 amide bonds. The largest absolute Gasteiger partial charge is 0.467 e. The van der Waals surface area contributed by atoms with Gasteiger partial charge in [-0.25, -0.2) is 0 Å². The lowest BCUT2D eigenvalue weighted by molar-refractivity contribution is -0.137. The summed E-state index contributed by atoms with van der Waals surface area (Å²) < 4.78 is 45.9. The van der Waals surface area contributed by atoms with Gasteiger partial charge in [0.15, 0.2) is 11.0 Å². The van der Waals surface area contributed by atoms with Crippen molar-refractivity contribution in [3.05, 3.63) is 84.3 Å². The van der Waals surface area contributed by atoms with Crippen molar-refractivity contribution in [1.82, 2.24) is 14.8 Å². The van der Waals surface area contributed by atoms with E-state index in [2.05, 4.69) is 15.5 Å². The van der Waals surface area contributed by atoms with Gasteiger partial charge in [-0.05, 0) is 30.3 Å². The molecule has 164 valence electrons. The molecule has 0 aliphatic carbocycles. The van der Waals surface area contributed by atoms with Crippen LogP contribution in [0, 0.1) is 0 Å². The summed E-state index contributed by atoms with van der Waals surface area (Å²) in [5.41, 5.74) is 0.105. The van der Waals surface area contributed by atoms with Crippen molar-refractivity contribution in [2.75, 3.05) is 11.1 Å². The molecule has 32 heavy (non-hydrogen) atoms. The Balaban J connectivity index is 1.49. The average molecular weight is 458 g/mol. The van der Waals surface area contributed by atoms with Crippen molar-refractivity contribution in [3.63, 3.8) is 0 Å². The summed E-state index contributed by atoms with van der Waals surface area (Å²) in [6.45, 7) is 0.363. The van der Waals surface area contributed by atoms with E-state index in [1.807, 2.05) is 41.0 Å². The zero-order valence-corrected chi connectivity index (χ0v) is 17.4. The second-order valence-electron chi connectivity index (χ2n) is 6.75. The van der Waals surface area contributed by atoms with Crippen LogP contribution in [-0.2, 0) is 17.5 Å². The molecule has 0 bridgehead atoms. The number of alkyl halides is 3. The van der Waals surface area contributed by atoms with Crippen LogP contribution < -0.4 is 5.32 Å². The van der Waals surface area contributed by atoms with Gasteiger partial charge in [0.2, 0.25) is 5.91 Å². The monoisotopic (exact) mass is 458 g/mol. The van der Waals surface area contributed by atoms with Crippen molar-refractivity contribution in [2.45, 2.75) is 17.9 Å². The van der Waals surface area contributed by atoms with E-state index in [0.29, 0.717) is 23.3 Å². The zero-order valence-electron chi connectivity index (χ0n) is 16.5. The first-order chi connectivity index (χ1) is 15.4. The van der Waals surface area contributed by atoms with Gasteiger partial charge < -0.3 is 9.73 Å². The van der Waals surface area contributed by atoms with Gasteiger partial charge in [0.05, 0.1) is 24.1 Å². The highest BCUT2D eigenvalue weighted by atomic mass is 32.2. The highest BCUT2D eigenvalue weighted by Gasteiger charge is 2.30. The molecular formula is C22H17F3N4O2S. The lowest BCUT2D eigenvalue weighted by Crippen LogP contribution is -2.15. The first kappa shape index (κ1) is 21.7. The smallest absolute Gasteiger partial charge is 0.416 e. The molecule has 0 spiro atoms. The third-order valence-corrected chi connectivity index (χ3v) is 5.42. The van der Waals surface area contributed by atoms with E-state index in [9.17, 15) is 18.0 Å². The fourth-order valence-corrected chi connectivity index (χ4v) is 3.74. The lowest BCUT2D eigenvalue weighted by atomic mass is 10.2. The predicted molar refractivity (Wildman–Crippen MR) is 114 cm³/mol. The number of hydrogen-bond acceptors (Lipinski definition) is 5. The molecule has 2 aromatic carbocycles. The summed E-state index contributed by atoms with van der Waals surface area (Å²) in [4.78, 5) is 12.4. The maximum absolute atomic E-state index is 12.9. The maximum atomic E-state index is 12.9. The minimum Gasteiger partial charge on any atom is -0.467 e. The van der Waals surface area contributed by atoms with Gasteiger partial charge in [0.1, 0.15) is 5.76 Å². The topological polar surface area (TPSA) is 73.0 Å². The molecule has 10 heteroatoms. The molecule has 0 radical (unpaired) electrons. The molecule has 1 N–H and O–H groups in total. The second-order valence-corrected chi connectivity index (χ2v) is 7.70. The number of hydrogen-bond donors (Lipinski definition) is 1. The van der Waals surface area contributed by atoms with Crippen LogP contribution in [0.3, 0.4) is 0 Å². The standard InChI is InChI=1S/C22H17F3N4O2S/c23-22(24,25)16-8-4-9-17(12-16)26-19(30)14-32-21-28-27-20(15-6-2-1-3-7-15)29(21)13-18-10-5-11-31-18/h1-12H,13-14H2,(H,26,30). The average Bonchev–Trinajstić information content (AvgIpc) is 3.43. The van der Waals surface area contributed by atoms with Crippen molar-refractivity contribution in [2.24, 2.45) is 0 Å². The highest BCUT2D eigenvalue weighted by Crippen LogP contribution is 2.31. The summed E-state index contributed by atoms with van der Waals surface area (Å²) in [7, 11) is 0. The van der Waals surface area contributed by atoms with Crippen LogP contribution in [0.15, 0.2) is 82.6 Å². The molecule has 6 nitrogen and oxygen atoms in total. The Morgan fingerprint density at radius 2 is 1.84 bits per heavy atom. The molecule has 4 aromatic rings. The van der Waals surface area contributed by atoms with Crippen LogP contribution in [0.4, 0.5) is 18.9 Å². The number of rotatable bonds is 7. The van der Waals surface area contributed by atoms with Gasteiger partial charge in [-0.1, -0.05) is 48.2 Å². The van der Waals surface area contributed by atoms with E-state index >= 15 is 0 Å². The molecule has 0 atom stereocenters. The SMILES string of the molecule is O=C(CSc1nnc(-c2ccccc2)n1Cc1ccco1)Nc1cccc(C(F)(F)F)c1. The number of thioether (sulfide) groups is 1. The molecule has 0 aliphatic rings. The summed E-state index contributed by atoms with van der Waals surface area (Å²) in [5, 5.41) is 11.4. The zero-order chi connectivity index (χ0) is 22.6. The van der Waals surface area contributed by atoms with E-state index in [1.165, 1.54) is 12.1 Å². The number of benzene rings is 2. The van der Waals surface area contributed by atoms with Gasteiger partial charge in [0, 0.05) is 11.3 Å². The van der Waals surface area contributed by atoms with E-state index in [1.54, 1.807) is 12.3 Å². The molecule has 2 heterocycles. The maximum Gasteiger partial charge on any atom is 0.416 e. The number of anilines is 1. The molecule has 0 aliphatic heterocycles. The third-order valence-electron chi connectivity index (χ3n) is 4.45. The molecule has 4 rings (SSSR count). The quantitative estimate of drug-likeness (QED) is 0.379. The van der Waals surface area contributed by atoms with Gasteiger partial charge in [-0.15, -0.1) is 10.2 Å². The van der Waals surface area contributed by atoms with Crippen LogP contribution in [0.2, 0.25) is 0 Å². The number of nitrogens with one attached hydrogen (secondary N) is 1. The van der Waals surface area contributed by atoms with Crippen LogP contribution in [0.1, 0.15) is 11.3 Å². The van der Waals surface area contributed by atoms with E-state index in [4.69, 9.17) is 4.42 Å². The fraction of sp³-hybridized carbons (Fsp3) is 0.136. The summed E-state index contributed by atoms with van der Waals surface area (Å²) in [5.74, 6) is 0.796. The molecule has 2 aromatic heterocycles. The molecule has 0 saturated carbocycles. The highest BCUT2D eigenvalue weighted by molar-refractivity contribution is 7.99. The molecule has 0 saturated heterocycles. The fourth-order valence-electron chi connectivity index (χ4n) is 3.00. The summed E-state index contributed by atoms with van der Waals surface area (Å²) in [6, 6.07) is 17.6. The van der Waals surface area contributed by atoms with Crippen molar-refractivity contribution in [1.29, 1.82) is 0 Å². The van der Waals surface area contributed by atoms with Gasteiger partial charge in [-0.3, -0.25) is 9.36 Å².